The maximum Gasteiger partial charge on any atom is 0.416 e. The van der Waals surface area contributed by atoms with Crippen LogP contribution in [0.25, 0.3) is 22.0 Å². The van der Waals surface area contributed by atoms with Crippen LogP contribution in [0, 0.1) is 5.92 Å². The van der Waals surface area contributed by atoms with Crippen LogP contribution in [0.1, 0.15) is 75.0 Å². The molecule has 1 aromatic heterocycles. The van der Waals surface area contributed by atoms with Gasteiger partial charge in [-0.25, -0.2) is 0 Å². The van der Waals surface area contributed by atoms with Gasteiger partial charge in [0.2, 0.25) is 0 Å². The number of ether oxygens (including phenoxy) is 1. The molecule has 1 atom stereocenters. The molecule has 1 unspecified atom stereocenters. The van der Waals surface area contributed by atoms with Crippen molar-refractivity contribution in [1.29, 1.82) is 0 Å². The number of hydrogen-bond acceptors (Lipinski definition) is 4. The highest BCUT2D eigenvalue weighted by atomic mass is 35.5. The van der Waals surface area contributed by atoms with Crippen LogP contribution in [0.3, 0.4) is 0 Å². The first-order valence-corrected chi connectivity index (χ1v) is 14.4. The molecule has 4 aromatic rings. The number of nitrogens with one attached hydrogen (secondary N) is 1. The third-order valence-corrected chi connectivity index (χ3v) is 7.10. The van der Waals surface area contributed by atoms with Crippen LogP contribution < -0.4 is 5.32 Å². The summed E-state index contributed by atoms with van der Waals surface area (Å²) >= 11 is 6.24. The molecule has 0 saturated heterocycles. The molecule has 6 nitrogen and oxygen atoms in total. The lowest BCUT2D eigenvalue weighted by Crippen LogP contribution is -2.29. The number of amides is 1. The zero-order chi connectivity index (χ0) is 31.5. The monoisotopic (exact) mass is 613 g/mol. The molecule has 0 spiro atoms. The van der Waals surface area contributed by atoms with Gasteiger partial charge in [-0.2, -0.15) is 18.3 Å². The van der Waals surface area contributed by atoms with Crippen molar-refractivity contribution >= 4 is 34.4 Å². The Kier molecular flexibility index (Phi) is 9.54. The van der Waals surface area contributed by atoms with Gasteiger partial charge < -0.3 is 10.1 Å². The number of alkyl halides is 3. The Bertz CT molecular complexity index is 1610. The smallest absolute Gasteiger partial charge is 0.416 e. The van der Waals surface area contributed by atoms with E-state index < -0.39 is 17.3 Å². The largest absolute Gasteiger partial charge is 0.460 e. The van der Waals surface area contributed by atoms with E-state index in [-0.39, 0.29) is 35.9 Å². The Morgan fingerprint density at radius 3 is 2.30 bits per heavy atom. The predicted molar refractivity (Wildman–Crippen MR) is 162 cm³/mol. The van der Waals surface area contributed by atoms with Gasteiger partial charge in [0.25, 0.3) is 5.91 Å². The second-order valence-corrected chi connectivity index (χ2v) is 12.3. The van der Waals surface area contributed by atoms with E-state index in [1.807, 2.05) is 35.0 Å². The van der Waals surface area contributed by atoms with Crippen molar-refractivity contribution in [3.63, 3.8) is 0 Å². The Balaban J connectivity index is 1.53. The Morgan fingerprint density at radius 2 is 1.70 bits per heavy atom. The zero-order valence-corrected chi connectivity index (χ0v) is 25.5. The van der Waals surface area contributed by atoms with E-state index in [0.29, 0.717) is 22.6 Å². The standard InChI is InChI=1S/C33H35ClF3N3O3/c1-20(2)16-29(21-6-8-22(9-7-21)31(42)38-15-14-30(41)43-32(3,4)5)40-28-13-10-23(17-24(28)19-39-40)26-12-11-25(18-27(26)34)33(35,36)37/h6-13,17-20,29H,14-16H2,1-5H3,(H,38,42). The first-order chi connectivity index (χ1) is 20.1. The second-order valence-electron chi connectivity index (χ2n) is 11.9. The third-order valence-electron chi connectivity index (χ3n) is 6.79. The Hall–Kier alpha value is -3.85. The predicted octanol–water partition coefficient (Wildman–Crippen LogP) is 8.47. The maximum atomic E-state index is 13.1. The Morgan fingerprint density at radius 1 is 1.00 bits per heavy atom. The van der Waals surface area contributed by atoms with Gasteiger partial charge in [-0.1, -0.05) is 49.7 Å². The van der Waals surface area contributed by atoms with Crippen molar-refractivity contribution in [1.82, 2.24) is 15.1 Å². The van der Waals surface area contributed by atoms with Crippen molar-refractivity contribution < 1.29 is 27.5 Å². The topological polar surface area (TPSA) is 73.2 Å². The van der Waals surface area contributed by atoms with Crippen molar-refractivity contribution in [3.05, 3.63) is 88.6 Å². The maximum absolute atomic E-state index is 13.1. The number of hydrogen-bond donors (Lipinski definition) is 1. The molecule has 10 heteroatoms. The molecule has 43 heavy (non-hydrogen) atoms. The lowest BCUT2D eigenvalue weighted by molar-refractivity contribution is -0.154. The van der Waals surface area contributed by atoms with Crippen LogP contribution in [0.4, 0.5) is 13.2 Å². The van der Waals surface area contributed by atoms with Crippen molar-refractivity contribution in [2.24, 2.45) is 5.92 Å². The second kappa shape index (κ2) is 12.8. The van der Waals surface area contributed by atoms with E-state index in [4.69, 9.17) is 16.3 Å². The zero-order valence-electron chi connectivity index (χ0n) is 24.8. The minimum atomic E-state index is -4.47. The molecule has 0 aliphatic heterocycles. The van der Waals surface area contributed by atoms with Crippen LogP contribution in [-0.4, -0.2) is 33.8 Å². The summed E-state index contributed by atoms with van der Waals surface area (Å²) in [5, 5.41) is 8.28. The van der Waals surface area contributed by atoms with Gasteiger partial charge in [0.1, 0.15) is 5.60 Å². The average molecular weight is 614 g/mol. The number of benzene rings is 3. The molecular weight excluding hydrogens is 579 g/mol. The van der Waals surface area contributed by atoms with E-state index in [1.54, 1.807) is 39.1 Å². The lowest BCUT2D eigenvalue weighted by Gasteiger charge is -2.22. The molecule has 0 aliphatic carbocycles. The highest BCUT2D eigenvalue weighted by Gasteiger charge is 2.31. The van der Waals surface area contributed by atoms with Crippen LogP contribution in [-0.2, 0) is 15.7 Å². The normalized spacial score (nSPS) is 12.9. The van der Waals surface area contributed by atoms with Crippen LogP contribution in [0.15, 0.2) is 66.9 Å². The van der Waals surface area contributed by atoms with E-state index in [9.17, 15) is 22.8 Å². The van der Waals surface area contributed by atoms with Crippen molar-refractivity contribution in [2.75, 3.05) is 6.54 Å². The first kappa shape index (κ1) is 32.1. The fourth-order valence-electron chi connectivity index (χ4n) is 4.85. The fraction of sp³-hybridized carbons (Fsp3) is 0.364. The molecule has 1 heterocycles. The third kappa shape index (κ3) is 8.16. The summed E-state index contributed by atoms with van der Waals surface area (Å²) in [5.74, 6) is -0.319. The molecule has 228 valence electrons. The first-order valence-electron chi connectivity index (χ1n) is 14.1. The van der Waals surface area contributed by atoms with Crippen LogP contribution in [0.5, 0.6) is 0 Å². The quantitative estimate of drug-likeness (QED) is 0.192. The molecule has 1 N–H and O–H groups in total. The van der Waals surface area contributed by atoms with E-state index in [2.05, 4.69) is 24.3 Å². The summed E-state index contributed by atoms with van der Waals surface area (Å²) in [4.78, 5) is 24.6. The fourth-order valence-corrected chi connectivity index (χ4v) is 5.14. The van der Waals surface area contributed by atoms with E-state index >= 15 is 0 Å². The number of carbonyl (C=O) groups excluding carboxylic acids is 2. The molecular formula is C33H35ClF3N3O3. The summed E-state index contributed by atoms with van der Waals surface area (Å²) in [7, 11) is 0. The highest BCUT2D eigenvalue weighted by Crippen LogP contribution is 2.37. The molecule has 0 saturated carbocycles. The molecule has 0 fully saturated rings. The van der Waals surface area contributed by atoms with E-state index in [0.717, 1.165) is 35.0 Å². The molecule has 1 amide bonds. The number of halogens is 4. The van der Waals surface area contributed by atoms with Gasteiger partial charge in [-0.05, 0) is 80.6 Å². The van der Waals surface area contributed by atoms with Gasteiger partial charge in [0.15, 0.2) is 0 Å². The SMILES string of the molecule is CC(C)CC(c1ccc(C(=O)NCCC(=O)OC(C)(C)C)cc1)n1ncc2cc(-c3ccc(C(F)(F)F)cc3Cl)ccc21. The molecule has 4 rings (SSSR count). The molecule has 0 radical (unpaired) electrons. The molecule has 3 aromatic carbocycles. The van der Waals surface area contributed by atoms with Gasteiger partial charge in [-0.15, -0.1) is 0 Å². The van der Waals surface area contributed by atoms with Gasteiger partial charge in [0.05, 0.1) is 29.7 Å². The van der Waals surface area contributed by atoms with Crippen molar-refractivity contribution in [3.8, 4) is 11.1 Å². The number of nitrogens with zero attached hydrogens (tertiary/aromatic N) is 2. The highest BCUT2D eigenvalue weighted by molar-refractivity contribution is 6.33. The lowest BCUT2D eigenvalue weighted by atomic mass is 9.95. The number of carbonyl (C=O) groups is 2. The number of rotatable bonds is 9. The van der Waals surface area contributed by atoms with Crippen LogP contribution >= 0.6 is 11.6 Å². The summed E-state index contributed by atoms with van der Waals surface area (Å²) in [5.41, 5.74) is 2.12. The molecule has 0 aliphatic rings. The van der Waals surface area contributed by atoms with Gasteiger partial charge in [-0.3, -0.25) is 14.3 Å². The summed E-state index contributed by atoms with van der Waals surface area (Å²) < 4.78 is 46.5. The molecule has 0 bridgehead atoms. The minimum absolute atomic E-state index is 0.0215. The number of aromatic nitrogens is 2. The van der Waals surface area contributed by atoms with Crippen LogP contribution in [0.2, 0.25) is 5.02 Å². The number of fused-ring (bicyclic) bond motifs is 1. The van der Waals surface area contributed by atoms with Gasteiger partial charge in [0, 0.05) is 28.1 Å². The van der Waals surface area contributed by atoms with Crippen molar-refractivity contribution in [2.45, 2.75) is 65.3 Å². The summed E-state index contributed by atoms with van der Waals surface area (Å²) in [6, 6.07) is 16.1. The number of esters is 1. The minimum Gasteiger partial charge on any atom is -0.460 e. The van der Waals surface area contributed by atoms with Gasteiger partial charge >= 0.3 is 12.1 Å². The average Bonchev–Trinajstić information content (AvgIpc) is 3.33. The summed E-state index contributed by atoms with van der Waals surface area (Å²) in [6.45, 7) is 9.79. The Labute approximate surface area is 254 Å². The summed E-state index contributed by atoms with van der Waals surface area (Å²) in [6.07, 6.45) is -1.87. The van der Waals surface area contributed by atoms with E-state index in [1.165, 1.54) is 6.07 Å².